The fourth-order valence-electron chi connectivity index (χ4n) is 2.61. The molecule has 0 spiro atoms. The summed E-state index contributed by atoms with van der Waals surface area (Å²) in [6, 6.07) is 19.0. The van der Waals surface area contributed by atoms with Crippen LogP contribution in [0, 0.1) is 6.92 Å². The predicted molar refractivity (Wildman–Crippen MR) is 114 cm³/mol. The van der Waals surface area contributed by atoms with E-state index in [1.54, 1.807) is 6.07 Å². The summed E-state index contributed by atoms with van der Waals surface area (Å²) in [5, 5.41) is 6.18. The van der Waals surface area contributed by atoms with Gasteiger partial charge in [-0.2, -0.15) is 0 Å². The van der Waals surface area contributed by atoms with Crippen molar-refractivity contribution in [1.29, 1.82) is 0 Å². The second kappa shape index (κ2) is 9.10. The molecule has 2 aromatic carbocycles. The zero-order valence-electron chi connectivity index (χ0n) is 16.4. The van der Waals surface area contributed by atoms with Gasteiger partial charge in [-0.15, -0.1) is 0 Å². The van der Waals surface area contributed by atoms with Gasteiger partial charge < -0.3 is 15.5 Å². The smallest absolute Gasteiger partial charge is 0.274 e. The molecule has 0 saturated heterocycles. The van der Waals surface area contributed by atoms with Crippen molar-refractivity contribution in [2.24, 2.45) is 0 Å². The Labute approximate surface area is 165 Å². The fourth-order valence-corrected chi connectivity index (χ4v) is 2.61. The van der Waals surface area contributed by atoms with Crippen molar-refractivity contribution in [1.82, 2.24) is 14.9 Å². The van der Waals surface area contributed by atoms with E-state index in [0.717, 1.165) is 29.9 Å². The molecule has 144 valence electrons. The number of hydrogen-bond donors (Lipinski definition) is 2. The number of aromatic nitrogens is 2. The highest BCUT2D eigenvalue weighted by atomic mass is 16.1. The van der Waals surface area contributed by atoms with Crippen LogP contribution in [0.2, 0.25) is 0 Å². The maximum absolute atomic E-state index is 12.8. The summed E-state index contributed by atoms with van der Waals surface area (Å²) in [4.78, 5) is 23.9. The van der Waals surface area contributed by atoms with Crippen LogP contribution >= 0.6 is 0 Å². The lowest BCUT2D eigenvalue weighted by atomic mass is 10.2. The number of rotatable bonds is 7. The molecule has 2 N–H and O–H groups in total. The molecule has 3 rings (SSSR count). The summed E-state index contributed by atoms with van der Waals surface area (Å²) >= 11 is 0. The molecule has 28 heavy (non-hydrogen) atoms. The number of anilines is 2. The number of carbonyl (C=O) groups excluding carboxylic acids is 1. The first-order chi connectivity index (χ1) is 13.5. The molecule has 3 aromatic rings. The van der Waals surface area contributed by atoms with Crippen molar-refractivity contribution in [2.45, 2.75) is 6.92 Å². The first-order valence-electron chi connectivity index (χ1n) is 9.22. The molecule has 0 aliphatic rings. The summed E-state index contributed by atoms with van der Waals surface area (Å²) in [6.45, 7) is 3.58. The number of nitrogens with one attached hydrogen (secondary N) is 2. The minimum absolute atomic E-state index is 0.265. The first-order valence-corrected chi connectivity index (χ1v) is 9.22. The Bertz CT molecular complexity index is 923. The lowest BCUT2D eigenvalue weighted by Gasteiger charge is -2.13. The average molecular weight is 375 g/mol. The monoisotopic (exact) mass is 375 g/mol. The Morgan fingerprint density at radius 2 is 1.71 bits per heavy atom. The van der Waals surface area contributed by atoms with Gasteiger partial charge in [0.25, 0.3) is 5.91 Å². The van der Waals surface area contributed by atoms with Crippen molar-refractivity contribution < 1.29 is 4.79 Å². The molecule has 0 saturated carbocycles. The van der Waals surface area contributed by atoms with Crippen LogP contribution in [0.1, 0.15) is 16.1 Å². The fraction of sp³-hybridized carbons (Fsp3) is 0.227. The Morgan fingerprint density at radius 3 is 2.39 bits per heavy atom. The third-order valence-corrected chi connectivity index (χ3v) is 4.17. The van der Waals surface area contributed by atoms with Crippen LogP contribution in [0.5, 0.6) is 0 Å². The van der Waals surface area contributed by atoms with E-state index in [2.05, 4.69) is 25.5 Å². The van der Waals surface area contributed by atoms with Crippen molar-refractivity contribution in [3.05, 3.63) is 71.9 Å². The second-order valence-corrected chi connectivity index (χ2v) is 6.88. The van der Waals surface area contributed by atoms with E-state index in [9.17, 15) is 4.79 Å². The SMILES string of the molecule is Cc1ccc(NC(=O)c2cc(NCCN(C)C)nc(-c3ccccc3)n2)cc1. The Morgan fingerprint density at radius 1 is 1.00 bits per heavy atom. The van der Waals surface area contributed by atoms with Crippen LogP contribution < -0.4 is 10.6 Å². The van der Waals surface area contributed by atoms with Crippen LogP contribution in [-0.2, 0) is 0 Å². The summed E-state index contributed by atoms with van der Waals surface area (Å²) in [5.41, 5.74) is 3.06. The molecule has 1 heterocycles. The first kappa shape index (κ1) is 19.5. The van der Waals surface area contributed by atoms with E-state index < -0.39 is 0 Å². The highest BCUT2D eigenvalue weighted by molar-refractivity contribution is 6.03. The number of aryl methyl sites for hydroxylation is 1. The van der Waals surface area contributed by atoms with Crippen LogP contribution in [0.4, 0.5) is 11.5 Å². The van der Waals surface area contributed by atoms with E-state index >= 15 is 0 Å². The van der Waals surface area contributed by atoms with Crippen LogP contribution in [-0.4, -0.2) is 48.0 Å². The molecule has 1 aromatic heterocycles. The molecular weight excluding hydrogens is 350 g/mol. The lowest BCUT2D eigenvalue weighted by Crippen LogP contribution is -2.22. The minimum Gasteiger partial charge on any atom is -0.369 e. The second-order valence-electron chi connectivity index (χ2n) is 6.88. The van der Waals surface area contributed by atoms with E-state index in [1.807, 2.05) is 75.6 Å². The van der Waals surface area contributed by atoms with Gasteiger partial charge in [0.1, 0.15) is 11.5 Å². The van der Waals surface area contributed by atoms with Crippen LogP contribution in [0.3, 0.4) is 0 Å². The third kappa shape index (κ3) is 5.37. The number of benzene rings is 2. The molecule has 6 nitrogen and oxygen atoms in total. The highest BCUT2D eigenvalue weighted by Gasteiger charge is 2.13. The van der Waals surface area contributed by atoms with Gasteiger partial charge in [0.2, 0.25) is 0 Å². The van der Waals surface area contributed by atoms with E-state index in [0.29, 0.717) is 17.3 Å². The van der Waals surface area contributed by atoms with Crippen molar-refractivity contribution in [3.63, 3.8) is 0 Å². The van der Waals surface area contributed by atoms with E-state index in [1.165, 1.54) is 0 Å². The van der Waals surface area contributed by atoms with Gasteiger partial charge in [-0.3, -0.25) is 4.79 Å². The van der Waals surface area contributed by atoms with Crippen molar-refractivity contribution in [3.8, 4) is 11.4 Å². The number of nitrogens with zero attached hydrogens (tertiary/aromatic N) is 3. The lowest BCUT2D eigenvalue weighted by molar-refractivity contribution is 0.102. The van der Waals surface area contributed by atoms with Crippen molar-refractivity contribution >= 4 is 17.4 Å². The van der Waals surface area contributed by atoms with E-state index in [4.69, 9.17) is 0 Å². The Hall–Kier alpha value is -3.25. The van der Waals surface area contributed by atoms with Gasteiger partial charge in [-0.05, 0) is 33.2 Å². The average Bonchev–Trinajstić information content (AvgIpc) is 2.70. The standard InChI is InChI=1S/C22H25N5O/c1-16-9-11-18(12-10-16)24-22(28)19-15-20(23-13-14-27(2)3)26-21(25-19)17-7-5-4-6-8-17/h4-12,15H,13-14H2,1-3H3,(H,24,28)(H,23,25,26). The summed E-state index contributed by atoms with van der Waals surface area (Å²) in [5.74, 6) is 0.883. The van der Waals surface area contributed by atoms with Gasteiger partial charge in [-0.1, -0.05) is 48.0 Å². The number of likely N-dealkylation sites (N-methyl/N-ethyl adjacent to an activating group) is 1. The van der Waals surface area contributed by atoms with Gasteiger partial charge in [0, 0.05) is 30.4 Å². The van der Waals surface area contributed by atoms with Gasteiger partial charge >= 0.3 is 0 Å². The summed E-state index contributed by atoms with van der Waals surface area (Å²) < 4.78 is 0. The molecule has 0 aliphatic heterocycles. The normalized spacial score (nSPS) is 10.7. The number of amides is 1. The summed E-state index contributed by atoms with van der Waals surface area (Å²) in [6.07, 6.45) is 0. The highest BCUT2D eigenvalue weighted by Crippen LogP contribution is 2.19. The van der Waals surface area contributed by atoms with E-state index in [-0.39, 0.29) is 5.91 Å². The molecule has 0 fully saturated rings. The Balaban J connectivity index is 1.87. The Kier molecular flexibility index (Phi) is 6.34. The molecule has 1 amide bonds. The van der Waals surface area contributed by atoms with Crippen molar-refractivity contribution in [2.75, 3.05) is 37.8 Å². The predicted octanol–water partition coefficient (Wildman–Crippen LogP) is 3.68. The van der Waals surface area contributed by atoms with Gasteiger partial charge in [0.15, 0.2) is 5.82 Å². The molecule has 6 heteroatoms. The number of carbonyl (C=O) groups is 1. The number of hydrogen-bond acceptors (Lipinski definition) is 5. The van der Waals surface area contributed by atoms with Gasteiger partial charge in [0.05, 0.1) is 0 Å². The minimum atomic E-state index is -0.265. The molecule has 0 unspecified atom stereocenters. The van der Waals surface area contributed by atoms with Crippen LogP contribution in [0.25, 0.3) is 11.4 Å². The maximum atomic E-state index is 12.8. The van der Waals surface area contributed by atoms with Crippen LogP contribution in [0.15, 0.2) is 60.7 Å². The largest absolute Gasteiger partial charge is 0.369 e. The van der Waals surface area contributed by atoms with Gasteiger partial charge in [-0.25, -0.2) is 9.97 Å². The zero-order chi connectivity index (χ0) is 19.9. The zero-order valence-corrected chi connectivity index (χ0v) is 16.4. The molecule has 0 bridgehead atoms. The molecule has 0 radical (unpaired) electrons. The molecule has 0 aliphatic carbocycles. The quantitative estimate of drug-likeness (QED) is 0.659. The molecule has 0 atom stereocenters. The topological polar surface area (TPSA) is 70.2 Å². The molecular formula is C22H25N5O. The third-order valence-electron chi connectivity index (χ3n) is 4.17. The maximum Gasteiger partial charge on any atom is 0.274 e. The summed E-state index contributed by atoms with van der Waals surface area (Å²) in [7, 11) is 4.02.